The predicted molar refractivity (Wildman–Crippen MR) is 124 cm³/mol. The number of carboxylic acids is 1. The number of hydrogen-bond donors (Lipinski definition) is 3. The molecule has 1 aliphatic rings. The summed E-state index contributed by atoms with van der Waals surface area (Å²) in [6.07, 6.45) is 2.49. The first-order valence-electron chi connectivity index (χ1n) is 10.6. The van der Waals surface area contributed by atoms with Crippen molar-refractivity contribution in [1.82, 2.24) is 14.5 Å². The van der Waals surface area contributed by atoms with Gasteiger partial charge in [0.25, 0.3) is 11.5 Å². The Morgan fingerprint density at radius 1 is 1.09 bits per heavy atom. The highest BCUT2D eigenvalue weighted by Gasteiger charge is 2.47. The van der Waals surface area contributed by atoms with Gasteiger partial charge in [-0.1, -0.05) is 36.2 Å². The van der Waals surface area contributed by atoms with Gasteiger partial charge in [0.2, 0.25) is 0 Å². The van der Waals surface area contributed by atoms with Crippen molar-refractivity contribution in [3.8, 4) is 0 Å². The average Bonchev–Trinajstić information content (AvgIpc) is 2.79. The van der Waals surface area contributed by atoms with Crippen LogP contribution in [0.1, 0.15) is 35.2 Å². The van der Waals surface area contributed by atoms with Gasteiger partial charge in [0.1, 0.15) is 0 Å². The third-order valence-electron chi connectivity index (χ3n) is 6.19. The number of amides is 1. The van der Waals surface area contributed by atoms with Crippen LogP contribution in [0.2, 0.25) is 5.02 Å². The second-order valence-electron chi connectivity index (χ2n) is 8.13. The Labute approximate surface area is 193 Å². The smallest absolute Gasteiger partial charge is 0.335 e. The summed E-state index contributed by atoms with van der Waals surface area (Å²) in [5.74, 6) is -2.04. The topological polar surface area (TPSA) is 138 Å². The molecule has 1 fully saturated rings. The number of H-pyrrole nitrogens is 1. The Kier molecular flexibility index (Phi) is 6.09. The minimum Gasteiger partial charge on any atom is -0.478 e. The minimum atomic E-state index is -1.72. The van der Waals surface area contributed by atoms with E-state index in [1.54, 1.807) is 24.3 Å². The normalized spacial score (nSPS) is 16.4. The van der Waals surface area contributed by atoms with Gasteiger partial charge in [0.05, 0.1) is 16.5 Å². The number of carboxylic acid groups (broad SMARTS) is 1. The van der Waals surface area contributed by atoms with E-state index in [0.717, 1.165) is 23.8 Å². The molecule has 0 saturated carbocycles. The van der Waals surface area contributed by atoms with E-state index in [9.17, 15) is 24.3 Å². The SMILES string of the molecule is NC(=O)C(Cc1ccccc1Cl)(N1CCCCC1)n1c(=O)[nH]c(=O)c2ccc(C(=O)O)cc21. The van der Waals surface area contributed by atoms with E-state index in [-0.39, 0.29) is 22.9 Å². The summed E-state index contributed by atoms with van der Waals surface area (Å²) in [4.78, 5) is 54.9. The molecule has 1 aromatic heterocycles. The van der Waals surface area contributed by atoms with Crippen molar-refractivity contribution in [3.63, 3.8) is 0 Å². The lowest BCUT2D eigenvalue weighted by Crippen LogP contribution is -2.64. The van der Waals surface area contributed by atoms with E-state index < -0.39 is 28.8 Å². The van der Waals surface area contributed by atoms with Crippen molar-refractivity contribution in [3.05, 3.63) is 79.5 Å². The number of halogens is 1. The molecule has 9 nitrogen and oxygen atoms in total. The number of primary amides is 1. The zero-order valence-corrected chi connectivity index (χ0v) is 18.5. The van der Waals surface area contributed by atoms with Crippen LogP contribution in [0, 0.1) is 0 Å². The zero-order chi connectivity index (χ0) is 23.8. The van der Waals surface area contributed by atoms with Gasteiger partial charge in [-0.3, -0.25) is 24.0 Å². The number of carbonyl (C=O) groups is 2. The highest BCUT2D eigenvalue weighted by atomic mass is 35.5. The van der Waals surface area contributed by atoms with E-state index in [0.29, 0.717) is 23.7 Å². The van der Waals surface area contributed by atoms with Crippen LogP contribution in [0.5, 0.6) is 0 Å². The molecule has 1 aliphatic heterocycles. The van der Waals surface area contributed by atoms with Crippen molar-refractivity contribution >= 4 is 34.4 Å². The summed E-state index contributed by atoms with van der Waals surface area (Å²) in [5, 5.41) is 9.98. The van der Waals surface area contributed by atoms with Crippen molar-refractivity contribution in [2.24, 2.45) is 5.73 Å². The van der Waals surface area contributed by atoms with Gasteiger partial charge in [-0.05, 0) is 42.7 Å². The maximum absolute atomic E-state index is 13.3. The van der Waals surface area contributed by atoms with Gasteiger partial charge in [0, 0.05) is 24.5 Å². The summed E-state index contributed by atoms with van der Waals surface area (Å²) in [7, 11) is 0. The number of benzene rings is 2. The molecule has 3 aromatic rings. The van der Waals surface area contributed by atoms with E-state index in [4.69, 9.17) is 17.3 Å². The summed E-state index contributed by atoms with van der Waals surface area (Å²) >= 11 is 6.42. The third-order valence-corrected chi connectivity index (χ3v) is 6.56. The number of nitrogens with zero attached hydrogens (tertiary/aromatic N) is 2. The average molecular weight is 471 g/mol. The Morgan fingerprint density at radius 2 is 1.79 bits per heavy atom. The van der Waals surface area contributed by atoms with Gasteiger partial charge in [-0.25, -0.2) is 9.59 Å². The number of nitrogens with two attached hydrogens (primary N) is 1. The van der Waals surface area contributed by atoms with Gasteiger partial charge in [0.15, 0.2) is 5.66 Å². The first kappa shape index (κ1) is 22.8. The molecule has 0 aliphatic carbocycles. The monoisotopic (exact) mass is 470 g/mol. The van der Waals surface area contributed by atoms with Crippen molar-refractivity contribution in [1.29, 1.82) is 0 Å². The Balaban J connectivity index is 2.11. The Hall–Kier alpha value is -3.43. The van der Waals surface area contributed by atoms with Crippen LogP contribution in [0.15, 0.2) is 52.1 Å². The van der Waals surface area contributed by atoms with Crippen LogP contribution in [0.4, 0.5) is 0 Å². The standard InChI is InChI=1S/C23H23ClN4O5/c24-17-7-3-2-6-15(17)13-23(21(25)32,27-10-4-1-5-11-27)28-18-12-14(20(30)31)8-9-16(18)19(29)26-22(28)33/h2-3,6-9,12H,1,4-5,10-11,13H2,(H2,25,32)(H,30,31)(H,26,29,33). The Morgan fingerprint density at radius 3 is 2.42 bits per heavy atom. The fraction of sp³-hybridized carbons (Fsp3) is 0.304. The number of hydrogen-bond acceptors (Lipinski definition) is 5. The summed E-state index contributed by atoms with van der Waals surface area (Å²) in [5.41, 5.74) is 3.25. The van der Waals surface area contributed by atoms with Gasteiger partial charge in [-0.15, -0.1) is 0 Å². The number of nitrogens with one attached hydrogen (secondary N) is 1. The molecule has 172 valence electrons. The highest BCUT2D eigenvalue weighted by molar-refractivity contribution is 6.31. The largest absolute Gasteiger partial charge is 0.478 e. The predicted octanol–water partition coefficient (Wildman–Crippen LogP) is 1.91. The molecule has 2 aromatic carbocycles. The molecule has 4 N–H and O–H groups in total. The molecule has 0 radical (unpaired) electrons. The van der Waals surface area contributed by atoms with Gasteiger partial charge >= 0.3 is 11.7 Å². The molecule has 0 bridgehead atoms. The minimum absolute atomic E-state index is 0.0140. The number of likely N-dealkylation sites (tertiary alicyclic amines) is 1. The lowest BCUT2D eigenvalue weighted by atomic mass is 9.93. The fourth-order valence-corrected chi connectivity index (χ4v) is 4.80. The van der Waals surface area contributed by atoms with Crippen molar-refractivity contribution in [2.75, 3.05) is 13.1 Å². The molecule has 4 rings (SSSR count). The summed E-state index contributed by atoms with van der Waals surface area (Å²) < 4.78 is 1.13. The van der Waals surface area contributed by atoms with Gasteiger partial charge < -0.3 is 10.8 Å². The van der Waals surface area contributed by atoms with Crippen LogP contribution in [0.25, 0.3) is 10.9 Å². The lowest BCUT2D eigenvalue weighted by Gasteiger charge is -2.45. The molecule has 1 saturated heterocycles. The fourth-order valence-electron chi connectivity index (χ4n) is 4.60. The summed E-state index contributed by atoms with van der Waals surface area (Å²) in [6, 6.07) is 10.8. The van der Waals surface area contributed by atoms with Crippen LogP contribution >= 0.6 is 11.6 Å². The number of piperidine rings is 1. The first-order valence-corrected chi connectivity index (χ1v) is 10.9. The van der Waals surface area contributed by atoms with E-state index in [2.05, 4.69) is 4.98 Å². The molecule has 0 spiro atoms. The van der Waals surface area contributed by atoms with E-state index in [1.165, 1.54) is 18.2 Å². The number of carbonyl (C=O) groups excluding carboxylic acids is 1. The van der Waals surface area contributed by atoms with Crippen molar-refractivity contribution in [2.45, 2.75) is 31.3 Å². The number of fused-ring (bicyclic) bond motifs is 1. The van der Waals surface area contributed by atoms with E-state index >= 15 is 0 Å². The Bertz CT molecular complexity index is 1360. The second-order valence-corrected chi connectivity index (χ2v) is 8.54. The number of rotatable bonds is 6. The maximum atomic E-state index is 13.3. The highest BCUT2D eigenvalue weighted by Crippen LogP contribution is 2.33. The molecule has 33 heavy (non-hydrogen) atoms. The van der Waals surface area contributed by atoms with Crippen molar-refractivity contribution < 1.29 is 14.7 Å². The molecular formula is C23H23ClN4O5. The molecule has 10 heteroatoms. The maximum Gasteiger partial charge on any atom is 0.335 e. The van der Waals surface area contributed by atoms with Crippen LogP contribution in [-0.2, 0) is 16.9 Å². The zero-order valence-electron chi connectivity index (χ0n) is 17.7. The number of aromatic amines is 1. The number of aromatic nitrogens is 2. The molecule has 1 amide bonds. The van der Waals surface area contributed by atoms with Crippen LogP contribution < -0.4 is 17.0 Å². The molecule has 2 heterocycles. The molecular weight excluding hydrogens is 448 g/mol. The quantitative estimate of drug-likeness (QED) is 0.503. The van der Waals surface area contributed by atoms with E-state index in [1.807, 2.05) is 4.90 Å². The van der Waals surface area contributed by atoms with Crippen LogP contribution in [0.3, 0.4) is 0 Å². The lowest BCUT2D eigenvalue weighted by molar-refractivity contribution is -0.139. The molecule has 1 unspecified atom stereocenters. The number of aromatic carboxylic acids is 1. The molecule has 1 atom stereocenters. The van der Waals surface area contributed by atoms with Crippen LogP contribution in [-0.4, -0.2) is 44.5 Å². The summed E-state index contributed by atoms with van der Waals surface area (Å²) in [6.45, 7) is 0.970. The third kappa shape index (κ3) is 3.94. The van der Waals surface area contributed by atoms with Gasteiger partial charge in [-0.2, -0.15) is 0 Å². The first-order chi connectivity index (χ1) is 15.8. The second kappa shape index (κ2) is 8.84.